The van der Waals surface area contributed by atoms with Crippen LogP contribution in [0.4, 0.5) is 5.69 Å². The molecule has 2 amide bonds. The summed E-state index contributed by atoms with van der Waals surface area (Å²) in [4.78, 5) is 31.2. The molecule has 0 aliphatic carbocycles. The van der Waals surface area contributed by atoms with Crippen molar-refractivity contribution in [2.24, 2.45) is 5.92 Å². The molecule has 3 rings (SSSR count). The minimum atomic E-state index is -0.137. The molecule has 0 spiro atoms. The molecule has 7 nitrogen and oxygen atoms in total. The van der Waals surface area contributed by atoms with Gasteiger partial charge in [-0.05, 0) is 37.9 Å². The van der Waals surface area contributed by atoms with Gasteiger partial charge in [0.1, 0.15) is 0 Å². The fraction of sp³-hybridized carbons (Fsp3) is 0.435. The molecule has 7 heteroatoms. The zero-order chi connectivity index (χ0) is 21.3. The summed E-state index contributed by atoms with van der Waals surface area (Å²) in [5.74, 6) is -0.122. The molecule has 3 N–H and O–H groups in total. The molecule has 0 bridgehead atoms. The Bertz CT molecular complexity index is 842. The van der Waals surface area contributed by atoms with Crippen molar-refractivity contribution in [3.8, 4) is 0 Å². The van der Waals surface area contributed by atoms with Crippen LogP contribution in [0.1, 0.15) is 28.8 Å². The SMILES string of the molecule is CNC(=O)[C@@H]1CC[C@H](NC(=O)c2cnccc2NCCc2ccccc2)CN(C)C1. The molecular weight excluding hydrogens is 378 g/mol. The highest BCUT2D eigenvalue weighted by Crippen LogP contribution is 2.18. The molecule has 1 aliphatic heterocycles. The van der Waals surface area contributed by atoms with Crippen LogP contribution in [0.3, 0.4) is 0 Å². The maximum Gasteiger partial charge on any atom is 0.255 e. The van der Waals surface area contributed by atoms with E-state index in [2.05, 4.69) is 38.0 Å². The van der Waals surface area contributed by atoms with E-state index in [9.17, 15) is 9.59 Å². The van der Waals surface area contributed by atoms with Gasteiger partial charge < -0.3 is 20.9 Å². The Morgan fingerprint density at radius 3 is 2.70 bits per heavy atom. The molecule has 2 aromatic rings. The van der Waals surface area contributed by atoms with Crippen molar-refractivity contribution in [1.29, 1.82) is 0 Å². The van der Waals surface area contributed by atoms with Gasteiger partial charge in [0, 0.05) is 45.1 Å². The van der Waals surface area contributed by atoms with E-state index in [4.69, 9.17) is 0 Å². The number of benzene rings is 1. The van der Waals surface area contributed by atoms with Crippen LogP contribution in [0.15, 0.2) is 48.8 Å². The summed E-state index contributed by atoms with van der Waals surface area (Å²) >= 11 is 0. The lowest BCUT2D eigenvalue weighted by Gasteiger charge is -2.22. The number of nitrogens with zero attached hydrogens (tertiary/aromatic N) is 2. The second-order valence-electron chi connectivity index (χ2n) is 7.86. The maximum atomic E-state index is 13.0. The van der Waals surface area contributed by atoms with Gasteiger partial charge in [-0.2, -0.15) is 0 Å². The molecule has 0 unspecified atom stereocenters. The zero-order valence-corrected chi connectivity index (χ0v) is 17.7. The van der Waals surface area contributed by atoms with Crippen LogP contribution in [0.2, 0.25) is 0 Å². The molecule has 160 valence electrons. The topological polar surface area (TPSA) is 86.4 Å². The number of nitrogens with one attached hydrogen (secondary N) is 3. The Morgan fingerprint density at radius 2 is 1.93 bits per heavy atom. The summed E-state index contributed by atoms with van der Waals surface area (Å²) in [6.45, 7) is 2.15. The first-order valence-electron chi connectivity index (χ1n) is 10.5. The first kappa shape index (κ1) is 21.8. The van der Waals surface area contributed by atoms with Crippen molar-refractivity contribution >= 4 is 17.5 Å². The third-order valence-electron chi connectivity index (χ3n) is 5.52. The molecule has 2 atom stereocenters. The number of carbonyl (C=O) groups excluding carboxylic acids is 2. The first-order chi connectivity index (χ1) is 14.6. The highest BCUT2D eigenvalue weighted by atomic mass is 16.2. The van der Waals surface area contributed by atoms with Crippen LogP contribution >= 0.6 is 0 Å². The molecule has 1 aromatic carbocycles. The average Bonchev–Trinajstić information content (AvgIpc) is 2.95. The normalized spacial score (nSPS) is 19.5. The number of amides is 2. The van der Waals surface area contributed by atoms with E-state index in [1.54, 1.807) is 19.4 Å². The van der Waals surface area contributed by atoms with E-state index in [-0.39, 0.29) is 23.8 Å². The Morgan fingerprint density at radius 1 is 1.13 bits per heavy atom. The number of hydrogen-bond acceptors (Lipinski definition) is 5. The smallest absolute Gasteiger partial charge is 0.255 e. The van der Waals surface area contributed by atoms with E-state index in [0.29, 0.717) is 12.1 Å². The van der Waals surface area contributed by atoms with E-state index >= 15 is 0 Å². The van der Waals surface area contributed by atoms with E-state index in [1.807, 2.05) is 31.3 Å². The molecular formula is C23H31N5O2. The third kappa shape index (κ3) is 6.03. The predicted octanol–water partition coefficient (Wildman–Crippen LogP) is 1.92. The second kappa shape index (κ2) is 10.7. The number of hydrogen-bond donors (Lipinski definition) is 3. The van der Waals surface area contributed by atoms with Gasteiger partial charge in [0.25, 0.3) is 5.91 Å². The molecule has 2 heterocycles. The van der Waals surface area contributed by atoms with Crippen molar-refractivity contribution in [2.45, 2.75) is 25.3 Å². The van der Waals surface area contributed by atoms with Gasteiger partial charge in [-0.1, -0.05) is 30.3 Å². The quantitative estimate of drug-likeness (QED) is 0.651. The van der Waals surface area contributed by atoms with Crippen molar-refractivity contribution in [3.05, 3.63) is 59.9 Å². The number of pyridine rings is 1. The Labute approximate surface area is 178 Å². The minimum Gasteiger partial charge on any atom is -0.384 e. The highest BCUT2D eigenvalue weighted by Gasteiger charge is 2.27. The lowest BCUT2D eigenvalue weighted by atomic mass is 10.0. The largest absolute Gasteiger partial charge is 0.384 e. The van der Waals surface area contributed by atoms with Crippen LogP contribution in [-0.2, 0) is 11.2 Å². The zero-order valence-electron chi connectivity index (χ0n) is 17.7. The van der Waals surface area contributed by atoms with Gasteiger partial charge in [-0.3, -0.25) is 14.6 Å². The summed E-state index contributed by atoms with van der Waals surface area (Å²) in [6, 6.07) is 12.1. The first-order valence-corrected chi connectivity index (χ1v) is 10.5. The fourth-order valence-corrected chi connectivity index (χ4v) is 3.93. The van der Waals surface area contributed by atoms with E-state index in [1.165, 1.54) is 5.56 Å². The van der Waals surface area contributed by atoms with Crippen LogP contribution in [-0.4, -0.2) is 61.5 Å². The summed E-state index contributed by atoms with van der Waals surface area (Å²) in [5.41, 5.74) is 2.57. The minimum absolute atomic E-state index is 0.00506. The van der Waals surface area contributed by atoms with Gasteiger partial charge in [-0.25, -0.2) is 0 Å². The third-order valence-corrected chi connectivity index (χ3v) is 5.52. The van der Waals surface area contributed by atoms with Crippen molar-refractivity contribution < 1.29 is 9.59 Å². The van der Waals surface area contributed by atoms with Crippen LogP contribution in [0.25, 0.3) is 0 Å². The second-order valence-corrected chi connectivity index (χ2v) is 7.86. The van der Waals surface area contributed by atoms with E-state index in [0.717, 1.165) is 38.0 Å². The number of anilines is 1. The molecule has 1 fully saturated rings. The van der Waals surface area contributed by atoms with Crippen LogP contribution < -0.4 is 16.0 Å². The Balaban J connectivity index is 1.59. The van der Waals surface area contributed by atoms with Crippen molar-refractivity contribution in [3.63, 3.8) is 0 Å². The molecule has 0 radical (unpaired) electrons. The Hall–Kier alpha value is -2.93. The summed E-state index contributed by atoms with van der Waals surface area (Å²) < 4.78 is 0. The monoisotopic (exact) mass is 409 g/mol. The predicted molar refractivity (Wildman–Crippen MR) is 118 cm³/mol. The summed E-state index contributed by atoms with van der Waals surface area (Å²) in [5, 5.41) is 9.24. The average molecular weight is 410 g/mol. The molecule has 1 aromatic heterocycles. The number of aromatic nitrogens is 1. The number of likely N-dealkylation sites (N-methyl/N-ethyl adjacent to an activating group) is 1. The van der Waals surface area contributed by atoms with Crippen LogP contribution in [0.5, 0.6) is 0 Å². The van der Waals surface area contributed by atoms with Crippen LogP contribution in [0, 0.1) is 5.92 Å². The van der Waals surface area contributed by atoms with Gasteiger partial charge in [-0.15, -0.1) is 0 Å². The van der Waals surface area contributed by atoms with E-state index < -0.39 is 0 Å². The molecule has 1 aliphatic rings. The standard InChI is InChI=1S/C23H31N5O2/c1-24-22(29)18-8-9-19(16-28(2)15-18)27-23(30)20-14-25-12-11-21(20)26-13-10-17-6-4-3-5-7-17/h3-7,11-12,14,18-19H,8-10,13,15-16H2,1-2H3,(H,24,29)(H,25,26)(H,27,30)/t18-,19+/m1/s1. The van der Waals surface area contributed by atoms with Crippen molar-refractivity contribution in [2.75, 3.05) is 39.0 Å². The fourth-order valence-electron chi connectivity index (χ4n) is 3.93. The number of rotatable bonds is 7. The van der Waals surface area contributed by atoms with Gasteiger partial charge in [0.2, 0.25) is 5.91 Å². The lowest BCUT2D eigenvalue weighted by Crippen LogP contribution is -2.42. The highest BCUT2D eigenvalue weighted by molar-refractivity contribution is 5.99. The number of likely N-dealkylation sites (tertiary alicyclic amines) is 1. The molecule has 1 saturated heterocycles. The van der Waals surface area contributed by atoms with Crippen molar-refractivity contribution in [1.82, 2.24) is 20.5 Å². The summed E-state index contributed by atoms with van der Waals surface area (Å²) in [6.07, 6.45) is 5.69. The molecule has 0 saturated carbocycles. The number of carbonyl (C=O) groups is 2. The van der Waals surface area contributed by atoms with Gasteiger partial charge >= 0.3 is 0 Å². The molecule has 30 heavy (non-hydrogen) atoms. The van der Waals surface area contributed by atoms with Gasteiger partial charge in [0.05, 0.1) is 17.2 Å². The maximum absolute atomic E-state index is 13.0. The summed E-state index contributed by atoms with van der Waals surface area (Å²) in [7, 11) is 3.66. The Kier molecular flexibility index (Phi) is 7.79. The van der Waals surface area contributed by atoms with Gasteiger partial charge in [0.15, 0.2) is 0 Å². The lowest BCUT2D eigenvalue weighted by molar-refractivity contribution is -0.125.